The summed E-state index contributed by atoms with van der Waals surface area (Å²) in [5.74, 6) is 0.488. The zero-order valence-corrected chi connectivity index (χ0v) is 12.3. The fourth-order valence-electron chi connectivity index (χ4n) is 2.68. The number of nitrogens with one attached hydrogen (secondary N) is 1. The molecule has 4 heteroatoms. The van der Waals surface area contributed by atoms with E-state index in [0.717, 1.165) is 24.2 Å². The van der Waals surface area contributed by atoms with Crippen molar-refractivity contribution in [2.75, 3.05) is 0 Å². The highest BCUT2D eigenvalue weighted by Gasteiger charge is 2.23. The van der Waals surface area contributed by atoms with E-state index in [1.165, 1.54) is 12.8 Å². The lowest BCUT2D eigenvalue weighted by Gasteiger charge is -2.21. The average molecular weight is 276 g/mol. The Kier molecular flexibility index (Phi) is 5.01. The summed E-state index contributed by atoms with van der Waals surface area (Å²) in [5, 5.41) is 3.38. The third-order valence-corrected chi connectivity index (χ3v) is 3.63. The molecular weight excluding hydrogens is 252 g/mol. The molecule has 1 aliphatic carbocycles. The molecule has 1 saturated carbocycles. The van der Waals surface area contributed by atoms with Gasteiger partial charge in [-0.3, -0.25) is 10.1 Å². The molecule has 0 spiro atoms. The lowest BCUT2D eigenvalue weighted by molar-refractivity contribution is -0.120. The second kappa shape index (κ2) is 6.75. The van der Waals surface area contributed by atoms with Gasteiger partial charge in [0.25, 0.3) is 0 Å². The van der Waals surface area contributed by atoms with E-state index in [0.29, 0.717) is 6.04 Å². The predicted molar refractivity (Wildman–Crippen MR) is 79.5 cm³/mol. The van der Waals surface area contributed by atoms with Crippen LogP contribution in [0.4, 0.5) is 0 Å². The van der Waals surface area contributed by atoms with Crippen LogP contribution in [0.25, 0.3) is 0 Å². The van der Waals surface area contributed by atoms with Crippen LogP contribution >= 0.6 is 0 Å². The summed E-state index contributed by atoms with van der Waals surface area (Å²) in [6.45, 7) is 3.98. The summed E-state index contributed by atoms with van der Waals surface area (Å²) in [6, 6.07) is 7.60. The zero-order chi connectivity index (χ0) is 14.5. The third-order valence-electron chi connectivity index (χ3n) is 3.63. The smallest absolute Gasteiger partial charge is 0.239 e. The number of amides is 1. The van der Waals surface area contributed by atoms with Gasteiger partial charge in [0.1, 0.15) is 11.8 Å². The van der Waals surface area contributed by atoms with Crippen LogP contribution in [0.15, 0.2) is 24.3 Å². The molecule has 0 saturated heterocycles. The molecule has 2 rings (SSSR count). The molecule has 1 amide bonds. The first-order valence-corrected chi connectivity index (χ1v) is 7.38. The van der Waals surface area contributed by atoms with E-state index < -0.39 is 6.04 Å². The summed E-state index contributed by atoms with van der Waals surface area (Å²) in [6.07, 6.45) is 4.84. The second-order valence-electron chi connectivity index (χ2n) is 5.72. The summed E-state index contributed by atoms with van der Waals surface area (Å²) in [7, 11) is 0. The van der Waals surface area contributed by atoms with Crippen molar-refractivity contribution in [1.29, 1.82) is 0 Å². The zero-order valence-electron chi connectivity index (χ0n) is 12.3. The molecule has 0 bridgehead atoms. The summed E-state index contributed by atoms with van der Waals surface area (Å²) >= 11 is 0. The van der Waals surface area contributed by atoms with Crippen LogP contribution in [0.1, 0.15) is 51.1 Å². The Morgan fingerprint density at radius 1 is 1.25 bits per heavy atom. The molecular formula is C16H24N2O2. The Balaban J connectivity index is 2.06. The number of nitrogens with two attached hydrogens (primary N) is 1. The lowest BCUT2D eigenvalue weighted by Crippen LogP contribution is -2.38. The average Bonchev–Trinajstić information content (AvgIpc) is 2.89. The molecule has 0 radical (unpaired) electrons. The molecule has 1 aromatic carbocycles. The van der Waals surface area contributed by atoms with Gasteiger partial charge in [-0.2, -0.15) is 0 Å². The van der Waals surface area contributed by atoms with Crippen LogP contribution in [-0.2, 0) is 4.79 Å². The van der Waals surface area contributed by atoms with Crippen molar-refractivity contribution in [2.45, 2.75) is 57.7 Å². The third kappa shape index (κ3) is 3.97. The highest BCUT2D eigenvalue weighted by atomic mass is 16.5. The molecule has 1 aliphatic rings. The van der Waals surface area contributed by atoms with Crippen LogP contribution in [0.3, 0.4) is 0 Å². The van der Waals surface area contributed by atoms with Crippen LogP contribution in [0, 0.1) is 0 Å². The molecule has 4 nitrogen and oxygen atoms in total. The monoisotopic (exact) mass is 276 g/mol. The lowest BCUT2D eigenvalue weighted by atomic mass is 10.0. The molecule has 0 heterocycles. The molecule has 0 aliphatic heterocycles. The summed E-state index contributed by atoms with van der Waals surface area (Å²) in [4.78, 5) is 11.7. The first kappa shape index (κ1) is 14.9. The van der Waals surface area contributed by atoms with Crippen LogP contribution in [0.2, 0.25) is 0 Å². The number of hydrogen-bond donors (Lipinski definition) is 2. The van der Waals surface area contributed by atoms with Gasteiger partial charge >= 0.3 is 0 Å². The summed E-state index contributed by atoms with van der Waals surface area (Å²) < 4.78 is 5.61. The van der Waals surface area contributed by atoms with Gasteiger partial charge in [0.2, 0.25) is 5.91 Å². The van der Waals surface area contributed by atoms with Gasteiger partial charge in [-0.05, 0) is 44.4 Å². The topological polar surface area (TPSA) is 64.3 Å². The number of benzene rings is 1. The minimum Gasteiger partial charge on any atom is -0.491 e. The summed E-state index contributed by atoms with van der Waals surface area (Å²) in [5.41, 5.74) is 6.44. The van der Waals surface area contributed by atoms with Crippen LogP contribution < -0.4 is 15.8 Å². The van der Waals surface area contributed by atoms with Crippen molar-refractivity contribution < 1.29 is 9.53 Å². The molecule has 1 fully saturated rings. The highest BCUT2D eigenvalue weighted by molar-refractivity contribution is 5.81. The maximum Gasteiger partial charge on any atom is 0.239 e. The molecule has 1 aromatic rings. The Labute approximate surface area is 120 Å². The number of carbonyl (C=O) groups is 1. The fraction of sp³-hybridized carbons (Fsp3) is 0.562. The molecule has 3 N–H and O–H groups in total. The Hall–Kier alpha value is -1.55. The minimum absolute atomic E-state index is 0.143. The quantitative estimate of drug-likeness (QED) is 0.839. The minimum atomic E-state index is -0.411. The van der Waals surface area contributed by atoms with E-state index >= 15 is 0 Å². The standard InChI is InChI=1S/C16H24N2O2/c1-11(2)20-14-9-7-12(8-10-14)15(16(17)19)18-13-5-3-4-6-13/h7-11,13,15,18H,3-6H2,1-2H3,(H2,17,19). The van der Waals surface area contributed by atoms with Gasteiger partial charge in [0.15, 0.2) is 0 Å². The molecule has 110 valence electrons. The van der Waals surface area contributed by atoms with Crippen LogP contribution in [0.5, 0.6) is 5.75 Å². The number of hydrogen-bond acceptors (Lipinski definition) is 3. The van der Waals surface area contributed by atoms with Crippen molar-refractivity contribution in [1.82, 2.24) is 5.32 Å². The molecule has 20 heavy (non-hydrogen) atoms. The van der Waals surface area contributed by atoms with E-state index in [9.17, 15) is 4.79 Å². The van der Waals surface area contributed by atoms with E-state index in [1.54, 1.807) is 0 Å². The van der Waals surface area contributed by atoms with E-state index in [4.69, 9.17) is 10.5 Å². The Morgan fingerprint density at radius 3 is 2.35 bits per heavy atom. The second-order valence-corrected chi connectivity index (χ2v) is 5.72. The van der Waals surface area contributed by atoms with E-state index in [2.05, 4.69) is 5.32 Å². The van der Waals surface area contributed by atoms with Crippen molar-refractivity contribution in [3.05, 3.63) is 29.8 Å². The fourth-order valence-corrected chi connectivity index (χ4v) is 2.68. The van der Waals surface area contributed by atoms with Crippen LogP contribution in [-0.4, -0.2) is 18.1 Å². The number of carbonyl (C=O) groups excluding carboxylic acids is 1. The maximum absolute atomic E-state index is 11.7. The molecule has 1 unspecified atom stereocenters. The first-order chi connectivity index (χ1) is 9.56. The van der Waals surface area contributed by atoms with Gasteiger partial charge in [-0.1, -0.05) is 25.0 Å². The Bertz CT molecular complexity index is 436. The van der Waals surface area contributed by atoms with Gasteiger partial charge < -0.3 is 10.5 Å². The highest BCUT2D eigenvalue weighted by Crippen LogP contribution is 2.23. The maximum atomic E-state index is 11.7. The van der Waals surface area contributed by atoms with Crippen molar-refractivity contribution in [3.63, 3.8) is 0 Å². The normalized spacial score (nSPS) is 17.4. The predicted octanol–water partition coefficient (Wildman–Crippen LogP) is 2.53. The van der Waals surface area contributed by atoms with Gasteiger partial charge in [0.05, 0.1) is 6.10 Å². The number of primary amides is 1. The Morgan fingerprint density at radius 2 is 1.85 bits per heavy atom. The van der Waals surface area contributed by atoms with E-state index in [1.807, 2.05) is 38.1 Å². The number of ether oxygens (including phenoxy) is 1. The van der Waals surface area contributed by atoms with Gasteiger partial charge in [0, 0.05) is 6.04 Å². The molecule has 0 aromatic heterocycles. The first-order valence-electron chi connectivity index (χ1n) is 7.38. The van der Waals surface area contributed by atoms with E-state index in [-0.39, 0.29) is 12.0 Å². The van der Waals surface area contributed by atoms with Gasteiger partial charge in [-0.25, -0.2) is 0 Å². The number of rotatable bonds is 6. The van der Waals surface area contributed by atoms with Crippen molar-refractivity contribution >= 4 is 5.91 Å². The van der Waals surface area contributed by atoms with Crippen molar-refractivity contribution in [3.8, 4) is 5.75 Å². The SMILES string of the molecule is CC(C)Oc1ccc(C(NC2CCCC2)C(N)=O)cc1. The molecule has 1 atom stereocenters. The van der Waals surface area contributed by atoms with Gasteiger partial charge in [-0.15, -0.1) is 0 Å². The van der Waals surface area contributed by atoms with Crippen molar-refractivity contribution in [2.24, 2.45) is 5.73 Å². The largest absolute Gasteiger partial charge is 0.491 e.